The molecule has 2 heterocycles. The molecule has 0 aliphatic carbocycles. The smallest absolute Gasteiger partial charge is 0.137 e. The van der Waals surface area contributed by atoms with Gasteiger partial charge in [-0.3, -0.25) is 0 Å². The Labute approximate surface area is 96.4 Å². The fourth-order valence-electron chi connectivity index (χ4n) is 2.08. The van der Waals surface area contributed by atoms with Gasteiger partial charge in [-0.05, 0) is 37.4 Å². The minimum Gasteiger partial charge on any atom is -0.495 e. The zero-order valence-electron chi connectivity index (χ0n) is 9.72. The second kappa shape index (κ2) is 5.16. The van der Waals surface area contributed by atoms with E-state index in [4.69, 9.17) is 10.5 Å². The first-order valence-electron chi connectivity index (χ1n) is 5.78. The SMILES string of the molecule is COc1ccc(N2CCC(CN)CC2)nc1. The molecule has 0 saturated carbocycles. The summed E-state index contributed by atoms with van der Waals surface area (Å²) in [5, 5.41) is 0. The Morgan fingerprint density at radius 3 is 2.69 bits per heavy atom. The summed E-state index contributed by atoms with van der Waals surface area (Å²) in [4.78, 5) is 6.70. The van der Waals surface area contributed by atoms with Crippen LogP contribution in [-0.4, -0.2) is 31.7 Å². The first-order valence-corrected chi connectivity index (χ1v) is 5.78. The van der Waals surface area contributed by atoms with Crippen LogP contribution in [0.25, 0.3) is 0 Å². The number of nitrogens with zero attached hydrogens (tertiary/aromatic N) is 2. The van der Waals surface area contributed by atoms with Gasteiger partial charge < -0.3 is 15.4 Å². The summed E-state index contributed by atoms with van der Waals surface area (Å²) in [7, 11) is 1.66. The Hall–Kier alpha value is -1.29. The lowest BCUT2D eigenvalue weighted by Crippen LogP contribution is -2.36. The molecule has 0 amide bonds. The number of nitrogens with two attached hydrogens (primary N) is 1. The normalized spacial score (nSPS) is 17.5. The van der Waals surface area contributed by atoms with E-state index >= 15 is 0 Å². The molecule has 0 bridgehead atoms. The molecule has 4 nitrogen and oxygen atoms in total. The Bertz CT molecular complexity index is 318. The number of rotatable bonds is 3. The summed E-state index contributed by atoms with van der Waals surface area (Å²) < 4.78 is 5.09. The van der Waals surface area contributed by atoms with Crippen molar-refractivity contribution in [2.75, 3.05) is 31.6 Å². The van der Waals surface area contributed by atoms with E-state index in [1.165, 1.54) is 12.8 Å². The van der Waals surface area contributed by atoms with Crippen molar-refractivity contribution in [2.24, 2.45) is 11.7 Å². The van der Waals surface area contributed by atoms with Gasteiger partial charge >= 0.3 is 0 Å². The first-order chi connectivity index (χ1) is 7.83. The number of aromatic nitrogens is 1. The molecule has 2 N–H and O–H groups in total. The van der Waals surface area contributed by atoms with Crippen LogP contribution in [0.5, 0.6) is 5.75 Å². The van der Waals surface area contributed by atoms with E-state index in [0.29, 0.717) is 5.92 Å². The molecule has 1 aliphatic heterocycles. The average Bonchev–Trinajstić information content (AvgIpc) is 2.39. The third-order valence-corrected chi connectivity index (χ3v) is 3.23. The molecule has 0 spiro atoms. The monoisotopic (exact) mass is 221 g/mol. The second-order valence-electron chi connectivity index (χ2n) is 4.22. The first kappa shape index (κ1) is 11.2. The summed E-state index contributed by atoms with van der Waals surface area (Å²) in [5.74, 6) is 2.53. The third-order valence-electron chi connectivity index (χ3n) is 3.23. The van der Waals surface area contributed by atoms with Gasteiger partial charge in [-0.15, -0.1) is 0 Å². The average molecular weight is 221 g/mol. The van der Waals surface area contributed by atoms with Crippen LogP contribution in [0.3, 0.4) is 0 Å². The zero-order valence-corrected chi connectivity index (χ0v) is 9.72. The van der Waals surface area contributed by atoms with Crippen LogP contribution in [0, 0.1) is 5.92 Å². The number of hydrogen-bond acceptors (Lipinski definition) is 4. The summed E-state index contributed by atoms with van der Waals surface area (Å²) in [6, 6.07) is 3.97. The van der Waals surface area contributed by atoms with E-state index in [1.54, 1.807) is 13.3 Å². The number of pyridine rings is 1. The highest BCUT2D eigenvalue weighted by Crippen LogP contribution is 2.22. The number of piperidine rings is 1. The Morgan fingerprint density at radius 2 is 2.19 bits per heavy atom. The lowest BCUT2D eigenvalue weighted by Gasteiger charge is -2.32. The lowest BCUT2D eigenvalue weighted by atomic mass is 9.97. The van der Waals surface area contributed by atoms with Gasteiger partial charge in [-0.2, -0.15) is 0 Å². The lowest BCUT2D eigenvalue weighted by molar-refractivity contribution is 0.408. The molecule has 0 aromatic carbocycles. The van der Waals surface area contributed by atoms with Crippen LogP contribution in [0.2, 0.25) is 0 Å². The molecule has 1 aliphatic rings. The minimum absolute atomic E-state index is 0.689. The Balaban J connectivity index is 1.97. The predicted octanol–water partition coefficient (Wildman–Crippen LogP) is 1.27. The highest BCUT2D eigenvalue weighted by atomic mass is 16.5. The summed E-state index contributed by atoms with van der Waals surface area (Å²) in [5.41, 5.74) is 5.67. The number of ether oxygens (including phenoxy) is 1. The van der Waals surface area contributed by atoms with Crippen molar-refractivity contribution in [1.82, 2.24) is 4.98 Å². The largest absolute Gasteiger partial charge is 0.495 e. The number of anilines is 1. The molecule has 1 saturated heterocycles. The molecule has 0 atom stereocenters. The molecule has 2 rings (SSSR count). The second-order valence-corrected chi connectivity index (χ2v) is 4.22. The van der Waals surface area contributed by atoms with Crippen LogP contribution in [0.15, 0.2) is 18.3 Å². The Morgan fingerprint density at radius 1 is 1.44 bits per heavy atom. The molecule has 4 heteroatoms. The summed E-state index contributed by atoms with van der Waals surface area (Å²) >= 11 is 0. The van der Waals surface area contributed by atoms with Crippen LogP contribution >= 0.6 is 0 Å². The zero-order chi connectivity index (χ0) is 11.4. The van der Waals surface area contributed by atoms with Gasteiger partial charge in [0.15, 0.2) is 0 Å². The maximum absolute atomic E-state index is 5.67. The van der Waals surface area contributed by atoms with Crippen molar-refractivity contribution in [3.63, 3.8) is 0 Å². The molecule has 1 aromatic heterocycles. The van der Waals surface area contributed by atoms with Crippen LogP contribution in [0.1, 0.15) is 12.8 Å². The van der Waals surface area contributed by atoms with Crippen molar-refractivity contribution < 1.29 is 4.74 Å². The van der Waals surface area contributed by atoms with Crippen LogP contribution < -0.4 is 15.4 Å². The van der Waals surface area contributed by atoms with Crippen molar-refractivity contribution >= 4 is 5.82 Å². The maximum atomic E-state index is 5.67. The van der Waals surface area contributed by atoms with Gasteiger partial charge in [0.25, 0.3) is 0 Å². The molecular weight excluding hydrogens is 202 g/mol. The molecule has 16 heavy (non-hydrogen) atoms. The van der Waals surface area contributed by atoms with E-state index < -0.39 is 0 Å². The van der Waals surface area contributed by atoms with Crippen molar-refractivity contribution in [3.05, 3.63) is 18.3 Å². The van der Waals surface area contributed by atoms with Crippen LogP contribution in [-0.2, 0) is 0 Å². The molecular formula is C12H19N3O. The van der Waals surface area contributed by atoms with E-state index in [2.05, 4.69) is 9.88 Å². The van der Waals surface area contributed by atoms with E-state index in [-0.39, 0.29) is 0 Å². The molecule has 1 aromatic rings. The van der Waals surface area contributed by atoms with Gasteiger partial charge in [-0.25, -0.2) is 4.98 Å². The Kier molecular flexibility index (Phi) is 3.62. The van der Waals surface area contributed by atoms with E-state index in [0.717, 1.165) is 31.2 Å². The predicted molar refractivity (Wildman–Crippen MR) is 64.8 cm³/mol. The topological polar surface area (TPSA) is 51.4 Å². The van der Waals surface area contributed by atoms with Crippen molar-refractivity contribution in [1.29, 1.82) is 0 Å². The molecule has 1 fully saturated rings. The highest BCUT2D eigenvalue weighted by Gasteiger charge is 2.18. The highest BCUT2D eigenvalue weighted by molar-refractivity contribution is 5.41. The van der Waals surface area contributed by atoms with E-state index in [9.17, 15) is 0 Å². The van der Waals surface area contributed by atoms with Gasteiger partial charge in [0.1, 0.15) is 11.6 Å². The minimum atomic E-state index is 0.689. The molecule has 0 unspecified atom stereocenters. The third kappa shape index (κ3) is 2.44. The molecule has 0 radical (unpaired) electrons. The van der Waals surface area contributed by atoms with Gasteiger partial charge in [0.2, 0.25) is 0 Å². The fourth-order valence-corrected chi connectivity index (χ4v) is 2.08. The quantitative estimate of drug-likeness (QED) is 0.835. The summed E-state index contributed by atoms with van der Waals surface area (Å²) in [6.45, 7) is 2.92. The summed E-state index contributed by atoms with van der Waals surface area (Å²) in [6.07, 6.45) is 4.11. The van der Waals surface area contributed by atoms with Gasteiger partial charge in [-0.1, -0.05) is 0 Å². The van der Waals surface area contributed by atoms with Crippen molar-refractivity contribution in [2.45, 2.75) is 12.8 Å². The molecule has 88 valence electrons. The van der Waals surface area contributed by atoms with Gasteiger partial charge in [0.05, 0.1) is 13.3 Å². The standard InChI is InChI=1S/C12H19N3O/c1-16-11-2-3-12(14-9-11)15-6-4-10(8-13)5-7-15/h2-3,9-10H,4-8,13H2,1H3. The van der Waals surface area contributed by atoms with Gasteiger partial charge in [0, 0.05) is 13.1 Å². The maximum Gasteiger partial charge on any atom is 0.137 e. The fraction of sp³-hybridized carbons (Fsp3) is 0.583. The number of methoxy groups -OCH3 is 1. The number of hydrogen-bond donors (Lipinski definition) is 1. The van der Waals surface area contributed by atoms with Crippen molar-refractivity contribution in [3.8, 4) is 5.75 Å². The van der Waals surface area contributed by atoms with E-state index in [1.807, 2.05) is 12.1 Å². The van der Waals surface area contributed by atoms with Crippen LogP contribution in [0.4, 0.5) is 5.82 Å².